The van der Waals surface area contributed by atoms with Gasteiger partial charge in [-0.2, -0.15) is 4.31 Å². The van der Waals surface area contributed by atoms with Gasteiger partial charge >= 0.3 is 0 Å². The van der Waals surface area contributed by atoms with Crippen LogP contribution in [0.3, 0.4) is 0 Å². The van der Waals surface area contributed by atoms with E-state index in [-0.39, 0.29) is 32.0 Å². The van der Waals surface area contributed by atoms with Crippen LogP contribution in [-0.2, 0) is 27.8 Å². The second-order valence-corrected chi connectivity index (χ2v) is 7.17. The van der Waals surface area contributed by atoms with Crippen molar-refractivity contribution in [2.24, 2.45) is 0 Å². The van der Waals surface area contributed by atoms with Gasteiger partial charge in [-0.15, -0.1) is 0 Å². The van der Waals surface area contributed by atoms with Gasteiger partial charge in [0.05, 0.1) is 25.5 Å². The second kappa shape index (κ2) is 7.94. The maximum Gasteiger partial charge on any atom is 0.224 e. The summed E-state index contributed by atoms with van der Waals surface area (Å²) in [6, 6.07) is 12.8. The van der Waals surface area contributed by atoms with Gasteiger partial charge in [-0.25, -0.2) is 8.42 Å². The predicted octanol–water partition coefficient (Wildman–Crippen LogP) is 1.40. The first-order valence-electron chi connectivity index (χ1n) is 7.23. The summed E-state index contributed by atoms with van der Waals surface area (Å²) in [5.41, 5.74) is 0.917. The number of hydrogen-bond acceptors (Lipinski definition) is 4. The molecule has 23 heavy (non-hydrogen) atoms. The maximum absolute atomic E-state index is 11.9. The van der Waals surface area contributed by atoms with Gasteiger partial charge in [0.25, 0.3) is 0 Å². The fourth-order valence-corrected chi connectivity index (χ4v) is 2.89. The molecule has 1 amide bonds. The predicted molar refractivity (Wildman–Crippen MR) is 87.1 cm³/mol. The van der Waals surface area contributed by atoms with Crippen molar-refractivity contribution in [3.05, 3.63) is 60.1 Å². The molecule has 7 heteroatoms. The highest BCUT2D eigenvalue weighted by Crippen LogP contribution is 2.08. The van der Waals surface area contributed by atoms with E-state index in [0.717, 1.165) is 11.8 Å². The molecule has 2 aromatic rings. The number of benzene rings is 1. The van der Waals surface area contributed by atoms with E-state index in [1.54, 1.807) is 12.1 Å². The van der Waals surface area contributed by atoms with Crippen molar-refractivity contribution < 1.29 is 17.6 Å². The van der Waals surface area contributed by atoms with Gasteiger partial charge in [0.2, 0.25) is 15.9 Å². The van der Waals surface area contributed by atoms with E-state index in [9.17, 15) is 13.2 Å². The van der Waals surface area contributed by atoms with E-state index in [1.165, 1.54) is 10.6 Å². The lowest BCUT2D eigenvalue weighted by molar-refractivity contribution is -0.120. The molecule has 1 N–H and O–H groups in total. The minimum atomic E-state index is -3.38. The monoisotopic (exact) mass is 336 g/mol. The Balaban J connectivity index is 1.83. The summed E-state index contributed by atoms with van der Waals surface area (Å²) in [6.45, 7) is 0.597. The number of sulfonamides is 1. The molecule has 1 aromatic heterocycles. The first kappa shape index (κ1) is 17.2. The highest BCUT2D eigenvalue weighted by atomic mass is 32.2. The van der Waals surface area contributed by atoms with Crippen LogP contribution in [0, 0.1) is 0 Å². The molecule has 2 rings (SSSR count). The van der Waals surface area contributed by atoms with Crippen molar-refractivity contribution in [3.63, 3.8) is 0 Å². The third kappa shape index (κ3) is 5.88. The molecule has 0 aliphatic heterocycles. The van der Waals surface area contributed by atoms with E-state index in [4.69, 9.17) is 4.42 Å². The highest BCUT2D eigenvalue weighted by Gasteiger charge is 2.18. The Morgan fingerprint density at radius 1 is 1.17 bits per heavy atom. The first-order chi connectivity index (χ1) is 10.9. The maximum atomic E-state index is 11.9. The topological polar surface area (TPSA) is 79.6 Å². The lowest BCUT2D eigenvalue weighted by atomic mass is 10.1. The van der Waals surface area contributed by atoms with Gasteiger partial charge in [-0.1, -0.05) is 30.3 Å². The average Bonchev–Trinajstić information content (AvgIpc) is 2.99. The fourth-order valence-electron chi connectivity index (χ4n) is 2.10. The average molecular weight is 336 g/mol. The Hall–Kier alpha value is -2.12. The van der Waals surface area contributed by atoms with Crippen LogP contribution in [0.4, 0.5) is 0 Å². The molecule has 0 aliphatic rings. The Bertz CT molecular complexity index is 712. The summed E-state index contributed by atoms with van der Waals surface area (Å²) in [4.78, 5) is 11.9. The van der Waals surface area contributed by atoms with Gasteiger partial charge in [-0.05, 0) is 17.7 Å². The number of carbonyl (C=O) groups is 1. The summed E-state index contributed by atoms with van der Waals surface area (Å²) in [5, 5.41) is 2.74. The molecular weight excluding hydrogens is 316 g/mol. The summed E-state index contributed by atoms with van der Waals surface area (Å²) < 4.78 is 30.0. The molecule has 124 valence electrons. The Kier molecular flexibility index (Phi) is 5.95. The van der Waals surface area contributed by atoms with Crippen molar-refractivity contribution in [3.8, 4) is 0 Å². The van der Waals surface area contributed by atoms with Crippen molar-refractivity contribution in [1.82, 2.24) is 9.62 Å². The molecule has 0 saturated carbocycles. The van der Waals surface area contributed by atoms with E-state index in [2.05, 4.69) is 5.32 Å². The quantitative estimate of drug-likeness (QED) is 0.790. The SMILES string of the molecule is CS(=O)(=O)N(CCNC(=O)Cc1ccccc1)Cc1ccco1. The Morgan fingerprint density at radius 2 is 1.91 bits per heavy atom. The molecule has 0 spiro atoms. The molecule has 1 heterocycles. The minimum Gasteiger partial charge on any atom is -0.468 e. The van der Waals surface area contributed by atoms with Gasteiger partial charge in [0.15, 0.2) is 0 Å². The van der Waals surface area contributed by atoms with Crippen LogP contribution in [0.15, 0.2) is 53.1 Å². The standard InChI is InChI=1S/C16H20N2O4S/c1-23(20,21)18(13-15-8-5-11-22-15)10-9-17-16(19)12-14-6-3-2-4-7-14/h2-8,11H,9-10,12-13H2,1H3,(H,17,19). The van der Waals surface area contributed by atoms with Crippen LogP contribution >= 0.6 is 0 Å². The van der Waals surface area contributed by atoms with E-state index >= 15 is 0 Å². The molecule has 6 nitrogen and oxygen atoms in total. The minimum absolute atomic E-state index is 0.136. The molecule has 0 saturated heterocycles. The number of furan rings is 1. The molecular formula is C16H20N2O4S. The Morgan fingerprint density at radius 3 is 2.52 bits per heavy atom. The van der Waals surface area contributed by atoms with Crippen molar-refractivity contribution in [2.45, 2.75) is 13.0 Å². The van der Waals surface area contributed by atoms with Crippen LogP contribution in [0.25, 0.3) is 0 Å². The number of rotatable bonds is 8. The van der Waals surface area contributed by atoms with Crippen molar-refractivity contribution in [2.75, 3.05) is 19.3 Å². The summed E-state index contributed by atoms with van der Waals surface area (Å²) in [6.07, 6.45) is 2.91. The molecule has 0 fully saturated rings. The molecule has 0 bridgehead atoms. The van der Waals surface area contributed by atoms with E-state index < -0.39 is 10.0 Å². The second-order valence-electron chi connectivity index (χ2n) is 5.19. The largest absolute Gasteiger partial charge is 0.468 e. The molecule has 0 radical (unpaired) electrons. The van der Waals surface area contributed by atoms with Crippen LogP contribution in [0.2, 0.25) is 0 Å². The highest BCUT2D eigenvalue weighted by molar-refractivity contribution is 7.88. The van der Waals surface area contributed by atoms with Gasteiger partial charge in [0.1, 0.15) is 5.76 Å². The zero-order valence-corrected chi connectivity index (χ0v) is 13.8. The van der Waals surface area contributed by atoms with Crippen molar-refractivity contribution >= 4 is 15.9 Å². The number of amides is 1. The summed E-state index contributed by atoms with van der Waals surface area (Å²) in [7, 11) is -3.38. The van der Waals surface area contributed by atoms with Crippen LogP contribution < -0.4 is 5.32 Å². The van der Waals surface area contributed by atoms with Gasteiger partial charge < -0.3 is 9.73 Å². The number of nitrogens with zero attached hydrogens (tertiary/aromatic N) is 1. The third-order valence-corrected chi connectivity index (χ3v) is 4.52. The van der Waals surface area contributed by atoms with Crippen molar-refractivity contribution in [1.29, 1.82) is 0 Å². The molecule has 0 atom stereocenters. The summed E-state index contributed by atoms with van der Waals surface area (Å²) in [5.74, 6) is 0.425. The lowest BCUT2D eigenvalue weighted by Crippen LogP contribution is -2.38. The lowest BCUT2D eigenvalue weighted by Gasteiger charge is -2.19. The zero-order valence-electron chi connectivity index (χ0n) is 12.9. The number of hydrogen-bond donors (Lipinski definition) is 1. The molecule has 0 aliphatic carbocycles. The van der Waals surface area contributed by atoms with Gasteiger partial charge in [0, 0.05) is 13.1 Å². The van der Waals surface area contributed by atoms with Crippen LogP contribution in [-0.4, -0.2) is 38.0 Å². The Labute approximate surface area is 136 Å². The van der Waals surface area contributed by atoms with Crippen LogP contribution in [0.5, 0.6) is 0 Å². The number of nitrogens with one attached hydrogen (secondary N) is 1. The van der Waals surface area contributed by atoms with E-state index in [0.29, 0.717) is 5.76 Å². The third-order valence-electron chi connectivity index (χ3n) is 3.27. The molecule has 0 unspecified atom stereocenters. The van der Waals surface area contributed by atoms with Gasteiger partial charge in [-0.3, -0.25) is 4.79 Å². The smallest absolute Gasteiger partial charge is 0.224 e. The normalized spacial score (nSPS) is 11.6. The fraction of sp³-hybridized carbons (Fsp3) is 0.312. The van der Waals surface area contributed by atoms with E-state index in [1.807, 2.05) is 30.3 Å². The summed E-state index contributed by atoms with van der Waals surface area (Å²) >= 11 is 0. The van der Waals surface area contributed by atoms with Crippen LogP contribution in [0.1, 0.15) is 11.3 Å². The number of carbonyl (C=O) groups excluding carboxylic acids is 1. The zero-order chi connectivity index (χ0) is 16.7. The first-order valence-corrected chi connectivity index (χ1v) is 9.08. The molecule has 1 aromatic carbocycles.